The Morgan fingerprint density at radius 3 is 2.93 bits per heavy atom. The van der Waals surface area contributed by atoms with Gasteiger partial charge >= 0.3 is 0 Å². The van der Waals surface area contributed by atoms with Crippen molar-refractivity contribution in [2.45, 2.75) is 32.2 Å². The van der Waals surface area contributed by atoms with E-state index in [1.807, 2.05) is 20.2 Å². The standard InChI is InChI=1S/C12H17NO/c1-4-5-6-7-12(13-3)11-8-10(2)14-9-11/h1,8-9,12-13H,5-7H2,2-3H3. The molecule has 0 amide bonds. The van der Waals surface area contributed by atoms with Crippen molar-refractivity contribution in [2.75, 3.05) is 7.05 Å². The maximum atomic E-state index is 5.27. The molecular weight excluding hydrogens is 174 g/mol. The maximum absolute atomic E-state index is 5.27. The molecule has 1 atom stereocenters. The minimum atomic E-state index is 0.362. The molecule has 0 saturated heterocycles. The lowest BCUT2D eigenvalue weighted by Gasteiger charge is -2.12. The van der Waals surface area contributed by atoms with Gasteiger partial charge < -0.3 is 9.73 Å². The Hall–Kier alpha value is -1.20. The number of hydrogen-bond donors (Lipinski definition) is 1. The van der Waals surface area contributed by atoms with Crippen LogP contribution < -0.4 is 5.32 Å². The summed E-state index contributed by atoms with van der Waals surface area (Å²) in [7, 11) is 1.96. The molecule has 2 heteroatoms. The Morgan fingerprint density at radius 1 is 1.64 bits per heavy atom. The van der Waals surface area contributed by atoms with Crippen molar-refractivity contribution in [3.8, 4) is 12.3 Å². The topological polar surface area (TPSA) is 25.2 Å². The molecule has 1 heterocycles. The zero-order valence-electron chi connectivity index (χ0n) is 8.84. The fraction of sp³-hybridized carbons (Fsp3) is 0.500. The second-order valence-electron chi connectivity index (χ2n) is 3.43. The second-order valence-corrected chi connectivity index (χ2v) is 3.43. The van der Waals surface area contributed by atoms with Crippen LogP contribution in [0.1, 0.15) is 36.6 Å². The Bertz CT molecular complexity index is 308. The molecule has 1 aromatic heterocycles. The van der Waals surface area contributed by atoms with E-state index in [0.717, 1.165) is 25.0 Å². The highest BCUT2D eigenvalue weighted by molar-refractivity contribution is 5.16. The van der Waals surface area contributed by atoms with Crippen molar-refractivity contribution in [1.82, 2.24) is 5.32 Å². The lowest BCUT2D eigenvalue weighted by molar-refractivity contribution is 0.504. The number of rotatable bonds is 5. The first-order valence-corrected chi connectivity index (χ1v) is 4.93. The Balaban J connectivity index is 2.50. The molecule has 0 aliphatic heterocycles. The fourth-order valence-electron chi connectivity index (χ4n) is 1.53. The molecule has 14 heavy (non-hydrogen) atoms. The third kappa shape index (κ3) is 2.93. The molecule has 2 nitrogen and oxygen atoms in total. The smallest absolute Gasteiger partial charge is 0.101 e. The molecule has 0 fully saturated rings. The highest BCUT2D eigenvalue weighted by Gasteiger charge is 2.10. The molecule has 0 aromatic carbocycles. The molecule has 1 N–H and O–H groups in total. The van der Waals surface area contributed by atoms with Crippen LogP contribution in [0.25, 0.3) is 0 Å². The van der Waals surface area contributed by atoms with E-state index in [2.05, 4.69) is 17.3 Å². The van der Waals surface area contributed by atoms with E-state index in [1.165, 1.54) is 5.56 Å². The zero-order valence-corrected chi connectivity index (χ0v) is 8.84. The van der Waals surface area contributed by atoms with E-state index in [4.69, 9.17) is 10.8 Å². The molecule has 1 aromatic rings. The van der Waals surface area contributed by atoms with Gasteiger partial charge in [0.15, 0.2) is 0 Å². The zero-order chi connectivity index (χ0) is 10.4. The second kappa shape index (κ2) is 5.51. The van der Waals surface area contributed by atoms with Gasteiger partial charge in [0.05, 0.1) is 6.26 Å². The van der Waals surface area contributed by atoms with Gasteiger partial charge in [-0.2, -0.15) is 0 Å². The molecular formula is C12H17NO. The van der Waals surface area contributed by atoms with Crippen molar-refractivity contribution in [2.24, 2.45) is 0 Å². The third-order valence-corrected chi connectivity index (χ3v) is 2.32. The van der Waals surface area contributed by atoms with Crippen LogP contribution in [0.15, 0.2) is 16.7 Å². The first kappa shape index (κ1) is 10.9. The van der Waals surface area contributed by atoms with Crippen LogP contribution in [-0.2, 0) is 0 Å². The predicted molar refractivity (Wildman–Crippen MR) is 57.9 cm³/mol. The van der Waals surface area contributed by atoms with Crippen LogP contribution in [0.2, 0.25) is 0 Å². The van der Waals surface area contributed by atoms with Crippen molar-refractivity contribution >= 4 is 0 Å². The average Bonchev–Trinajstić information content (AvgIpc) is 2.60. The van der Waals surface area contributed by atoms with Crippen LogP contribution in [-0.4, -0.2) is 7.05 Å². The summed E-state index contributed by atoms with van der Waals surface area (Å²) in [5.41, 5.74) is 1.21. The van der Waals surface area contributed by atoms with E-state index in [1.54, 1.807) is 0 Å². The quantitative estimate of drug-likeness (QED) is 0.571. The molecule has 1 unspecified atom stereocenters. The summed E-state index contributed by atoms with van der Waals surface area (Å²) in [5, 5.41) is 3.26. The summed E-state index contributed by atoms with van der Waals surface area (Å²) in [6.07, 6.45) is 9.97. The van der Waals surface area contributed by atoms with Crippen LogP contribution in [0.3, 0.4) is 0 Å². The van der Waals surface area contributed by atoms with E-state index < -0.39 is 0 Å². The minimum Gasteiger partial charge on any atom is -0.469 e. The van der Waals surface area contributed by atoms with Gasteiger partial charge in [-0.1, -0.05) is 0 Å². The molecule has 0 aliphatic carbocycles. The number of unbranched alkanes of at least 4 members (excludes halogenated alkanes) is 1. The van der Waals surface area contributed by atoms with E-state index >= 15 is 0 Å². The molecule has 0 spiro atoms. The number of hydrogen-bond acceptors (Lipinski definition) is 2. The van der Waals surface area contributed by atoms with Gasteiger partial charge in [0.25, 0.3) is 0 Å². The maximum Gasteiger partial charge on any atom is 0.101 e. The van der Waals surface area contributed by atoms with Gasteiger partial charge in [-0.15, -0.1) is 12.3 Å². The van der Waals surface area contributed by atoms with Gasteiger partial charge in [-0.05, 0) is 32.9 Å². The van der Waals surface area contributed by atoms with Crippen LogP contribution in [0.5, 0.6) is 0 Å². The normalized spacial score (nSPS) is 12.4. The largest absolute Gasteiger partial charge is 0.469 e. The van der Waals surface area contributed by atoms with Gasteiger partial charge in [-0.25, -0.2) is 0 Å². The molecule has 1 rings (SSSR count). The fourth-order valence-corrected chi connectivity index (χ4v) is 1.53. The third-order valence-electron chi connectivity index (χ3n) is 2.32. The number of aryl methyl sites for hydroxylation is 1. The van der Waals surface area contributed by atoms with Crippen molar-refractivity contribution in [3.05, 3.63) is 23.7 Å². The summed E-state index contributed by atoms with van der Waals surface area (Å²) in [4.78, 5) is 0. The number of terminal acetylenes is 1. The molecule has 0 aliphatic rings. The van der Waals surface area contributed by atoms with Crippen molar-refractivity contribution in [3.63, 3.8) is 0 Å². The number of furan rings is 1. The molecule has 0 radical (unpaired) electrons. The monoisotopic (exact) mass is 191 g/mol. The molecule has 0 bridgehead atoms. The first-order valence-electron chi connectivity index (χ1n) is 4.93. The lowest BCUT2D eigenvalue weighted by Crippen LogP contribution is -2.15. The van der Waals surface area contributed by atoms with Crippen molar-refractivity contribution < 1.29 is 4.42 Å². The first-order chi connectivity index (χ1) is 6.77. The van der Waals surface area contributed by atoms with Gasteiger partial charge in [0, 0.05) is 18.0 Å². The predicted octanol–water partition coefficient (Wildman–Crippen LogP) is 2.65. The van der Waals surface area contributed by atoms with Crippen LogP contribution in [0.4, 0.5) is 0 Å². The van der Waals surface area contributed by atoms with Gasteiger partial charge in [-0.3, -0.25) is 0 Å². The Morgan fingerprint density at radius 2 is 2.43 bits per heavy atom. The molecule has 76 valence electrons. The Kier molecular flexibility index (Phi) is 4.28. The summed E-state index contributed by atoms with van der Waals surface area (Å²) in [6.45, 7) is 1.96. The van der Waals surface area contributed by atoms with Crippen molar-refractivity contribution in [1.29, 1.82) is 0 Å². The van der Waals surface area contributed by atoms with E-state index in [-0.39, 0.29) is 0 Å². The van der Waals surface area contributed by atoms with Gasteiger partial charge in [0.2, 0.25) is 0 Å². The SMILES string of the molecule is C#CCCCC(NC)c1coc(C)c1. The van der Waals surface area contributed by atoms with E-state index in [9.17, 15) is 0 Å². The van der Waals surface area contributed by atoms with Crippen LogP contribution >= 0.6 is 0 Å². The highest BCUT2D eigenvalue weighted by atomic mass is 16.3. The van der Waals surface area contributed by atoms with Gasteiger partial charge in [0.1, 0.15) is 5.76 Å². The number of nitrogens with one attached hydrogen (secondary N) is 1. The summed E-state index contributed by atoms with van der Waals surface area (Å²) < 4.78 is 5.27. The average molecular weight is 191 g/mol. The summed E-state index contributed by atoms with van der Waals surface area (Å²) in [5.74, 6) is 3.61. The van der Waals surface area contributed by atoms with E-state index in [0.29, 0.717) is 6.04 Å². The summed E-state index contributed by atoms with van der Waals surface area (Å²) in [6, 6.07) is 2.43. The van der Waals surface area contributed by atoms with Crippen LogP contribution in [0, 0.1) is 19.3 Å². The Labute approximate surface area is 85.7 Å². The minimum absolute atomic E-state index is 0.362. The molecule has 0 saturated carbocycles. The highest BCUT2D eigenvalue weighted by Crippen LogP contribution is 2.20. The lowest BCUT2D eigenvalue weighted by atomic mass is 10.0. The summed E-state index contributed by atoms with van der Waals surface area (Å²) >= 11 is 0.